The molecule has 104 valence electrons. The molecule has 20 heavy (non-hydrogen) atoms. The summed E-state index contributed by atoms with van der Waals surface area (Å²) in [6, 6.07) is 13.3. The van der Waals surface area contributed by atoms with Crippen LogP contribution in [0.2, 0.25) is 5.02 Å². The first-order valence-electron chi connectivity index (χ1n) is 6.12. The van der Waals surface area contributed by atoms with E-state index in [9.17, 15) is 9.18 Å². The van der Waals surface area contributed by atoms with Crippen LogP contribution < -0.4 is 11.1 Å². The number of amides is 1. The topological polar surface area (TPSA) is 55.1 Å². The first kappa shape index (κ1) is 14.5. The summed E-state index contributed by atoms with van der Waals surface area (Å²) < 4.78 is 13.7. The maximum atomic E-state index is 13.7. The summed E-state index contributed by atoms with van der Waals surface area (Å²) in [4.78, 5) is 11.9. The summed E-state index contributed by atoms with van der Waals surface area (Å²) in [5, 5.41) is 2.52. The lowest BCUT2D eigenvalue weighted by Gasteiger charge is -2.13. The van der Waals surface area contributed by atoms with Crippen molar-refractivity contribution in [2.45, 2.75) is 6.04 Å². The van der Waals surface area contributed by atoms with Crippen molar-refractivity contribution in [2.24, 2.45) is 5.73 Å². The summed E-state index contributed by atoms with van der Waals surface area (Å²) >= 11 is 5.64. The first-order valence-corrected chi connectivity index (χ1v) is 6.50. The van der Waals surface area contributed by atoms with Crippen LogP contribution in [0, 0.1) is 5.82 Å². The van der Waals surface area contributed by atoms with Crippen LogP contribution in [0.1, 0.15) is 22.0 Å². The molecule has 0 saturated carbocycles. The minimum Gasteiger partial charge on any atom is -0.350 e. The van der Waals surface area contributed by atoms with Crippen LogP contribution in [-0.2, 0) is 0 Å². The number of halogens is 2. The van der Waals surface area contributed by atoms with Gasteiger partial charge in [-0.3, -0.25) is 4.79 Å². The summed E-state index contributed by atoms with van der Waals surface area (Å²) in [5.74, 6) is -1.25. The minimum atomic E-state index is -0.722. The monoisotopic (exact) mass is 292 g/mol. The Morgan fingerprint density at radius 2 is 1.90 bits per heavy atom. The van der Waals surface area contributed by atoms with Crippen LogP contribution >= 0.6 is 11.6 Å². The molecule has 0 saturated heterocycles. The second-order valence-electron chi connectivity index (χ2n) is 4.33. The van der Waals surface area contributed by atoms with Gasteiger partial charge in [0, 0.05) is 12.6 Å². The number of nitrogens with two attached hydrogens (primary N) is 1. The van der Waals surface area contributed by atoms with Crippen molar-refractivity contribution < 1.29 is 9.18 Å². The van der Waals surface area contributed by atoms with Crippen LogP contribution in [-0.4, -0.2) is 12.5 Å². The quantitative estimate of drug-likeness (QED) is 0.910. The molecule has 0 aliphatic carbocycles. The van der Waals surface area contributed by atoms with Crippen molar-refractivity contribution in [3.05, 3.63) is 70.5 Å². The smallest absolute Gasteiger partial charge is 0.254 e. The maximum absolute atomic E-state index is 13.7. The molecule has 1 amide bonds. The fraction of sp³-hybridized carbons (Fsp3) is 0.133. The number of carbonyl (C=O) groups excluding carboxylic acids is 1. The second kappa shape index (κ2) is 6.50. The lowest BCUT2D eigenvalue weighted by Crippen LogP contribution is -2.32. The van der Waals surface area contributed by atoms with Gasteiger partial charge in [0.2, 0.25) is 0 Å². The third kappa shape index (κ3) is 3.35. The fourth-order valence-electron chi connectivity index (χ4n) is 1.80. The van der Waals surface area contributed by atoms with E-state index < -0.39 is 11.7 Å². The van der Waals surface area contributed by atoms with Crippen LogP contribution in [0.4, 0.5) is 4.39 Å². The Hall–Kier alpha value is -1.91. The van der Waals surface area contributed by atoms with E-state index in [2.05, 4.69) is 5.32 Å². The van der Waals surface area contributed by atoms with Gasteiger partial charge in [0.1, 0.15) is 0 Å². The minimum absolute atomic E-state index is 0.0787. The second-order valence-corrected chi connectivity index (χ2v) is 4.74. The number of hydrogen-bond acceptors (Lipinski definition) is 2. The third-order valence-electron chi connectivity index (χ3n) is 2.91. The van der Waals surface area contributed by atoms with E-state index in [0.29, 0.717) is 0 Å². The SMILES string of the molecule is NC(CNC(=O)c1cccc(Cl)c1F)c1ccccc1. The zero-order valence-corrected chi connectivity index (χ0v) is 11.4. The Morgan fingerprint density at radius 1 is 1.20 bits per heavy atom. The Bertz CT molecular complexity index is 604. The zero-order valence-electron chi connectivity index (χ0n) is 10.6. The molecule has 0 aliphatic heterocycles. The number of rotatable bonds is 4. The molecule has 0 bridgehead atoms. The predicted octanol–water partition coefficient (Wildman–Crippen LogP) is 2.91. The van der Waals surface area contributed by atoms with E-state index in [4.69, 9.17) is 17.3 Å². The van der Waals surface area contributed by atoms with Gasteiger partial charge in [-0.25, -0.2) is 4.39 Å². The van der Waals surface area contributed by atoms with E-state index >= 15 is 0 Å². The molecule has 0 aromatic heterocycles. The van der Waals surface area contributed by atoms with Crippen molar-refractivity contribution in [2.75, 3.05) is 6.54 Å². The van der Waals surface area contributed by atoms with Gasteiger partial charge in [0.05, 0.1) is 10.6 Å². The number of nitrogens with one attached hydrogen (secondary N) is 1. The zero-order chi connectivity index (χ0) is 14.5. The van der Waals surface area contributed by atoms with Gasteiger partial charge in [-0.1, -0.05) is 48.0 Å². The van der Waals surface area contributed by atoms with Crippen molar-refractivity contribution in [1.82, 2.24) is 5.32 Å². The van der Waals surface area contributed by atoms with Crippen molar-refractivity contribution in [3.63, 3.8) is 0 Å². The summed E-state index contributed by atoms with van der Waals surface area (Å²) in [5.41, 5.74) is 6.77. The van der Waals surface area contributed by atoms with Crippen molar-refractivity contribution in [1.29, 1.82) is 0 Å². The number of hydrogen-bond donors (Lipinski definition) is 2. The molecule has 2 aromatic carbocycles. The molecule has 3 nitrogen and oxygen atoms in total. The van der Waals surface area contributed by atoms with Gasteiger partial charge in [0.25, 0.3) is 5.91 Å². The van der Waals surface area contributed by atoms with Crippen LogP contribution in [0.3, 0.4) is 0 Å². The lowest BCUT2D eigenvalue weighted by molar-refractivity contribution is 0.0947. The molecule has 0 spiro atoms. The molecule has 0 fully saturated rings. The Kier molecular flexibility index (Phi) is 4.71. The highest BCUT2D eigenvalue weighted by molar-refractivity contribution is 6.31. The molecule has 1 atom stereocenters. The molecule has 0 aliphatic rings. The van der Waals surface area contributed by atoms with Gasteiger partial charge in [-0.05, 0) is 17.7 Å². The van der Waals surface area contributed by atoms with Gasteiger partial charge in [0.15, 0.2) is 5.82 Å². The van der Waals surface area contributed by atoms with Gasteiger partial charge < -0.3 is 11.1 Å². The largest absolute Gasteiger partial charge is 0.350 e. The molecule has 0 heterocycles. The summed E-state index contributed by atoms with van der Waals surface area (Å²) in [7, 11) is 0. The Labute approximate surface area is 121 Å². The van der Waals surface area contributed by atoms with Gasteiger partial charge in [-0.2, -0.15) is 0 Å². The van der Waals surface area contributed by atoms with Crippen molar-refractivity contribution >= 4 is 17.5 Å². The third-order valence-corrected chi connectivity index (χ3v) is 3.20. The maximum Gasteiger partial charge on any atom is 0.254 e. The van der Waals surface area contributed by atoms with Gasteiger partial charge in [-0.15, -0.1) is 0 Å². The van der Waals surface area contributed by atoms with Crippen LogP contribution in [0.5, 0.6) is 0 Å². The molecular weight excluding hydrogens is 279 g/mol. The van der Waals surface area contributed by atoms with E-state index in [0.717, 1.165) is 5.56 Å². The highest BCUT2D eigenvalue weighted by Gasteiger charge is 2.15. The van der Waals surface area contributed by atoms with E-state index in [1.807, 2.05) is 30.3 Å². The fourth-order valence-corrected chi connectivity index (χ4v) is 1.97. The van der Waals surface area contributed by atoms with Crippen LogP contribution in [0.25, 0.3) is 0 Å². The standard InChI is InChI=1S/C15H14ClFN2O/c16-12-8-4-7-11(14(12)17)15(20)19-9-13(18)10-5-2-1-3-6-10/h1-8,13H,9,18H2,(H,19,20). The molecular formula is C15H14ClFN2O. The van der Waals surface area contributed by atoms with Gasteiger partial charge >= 0.3 is 0 Å². The number of benzene rings is 2. The summed E-state index contributed by atoms with van der Waals surface area (Å²) in [6.07, 6.45) is 0. The average molecular weight is 293 g/mol. The number of carbonyl (C=O) groups is 1. The van der Waals surface area contributed by atoms with E-state index in [1.54, 1.807) is 0 Å². The lowest BCUT2D eigenvalue weighted by atomic mass is 10.1. The molecule has 2 rings (SSSR count). The average Bonchev–Trinajstić information content (AvgIpc) is 2.48. The molecule has 0 radical (unpaired) electrons. The normalized spacial score (nSPS) is 11.9. The van der Waals surface area contributed by atoms with Crippen molar-refractivity contribution in [3.8, 4) is 0 Å². The Balaban J connectivity index is 2.01. The van der Waals surface area contributed by atoms with Crippen LogP contribution in [0.15, 0.2) is 48.5 Å². The first-order chi connectivity index (χ1) is 9.59. The summed E-state index contributed by atoms with van der Waals surface area (Å²) in [6.45, 7) is 0.217. The molecule has 2 aromatic rings. The molecule has 1 unspecified atom stereocenters. The molecule has 3 N–H and O–H groups in total. The Morgan fingerprint density at radius 3 is 2.60 bits per heavy atom. The van der Waals surface area contributed by atoms with E-state index in [1.165, 1.54) is 18.2 Å². The highest BCUT2D eigenvalue weighted by atomic mass is 35.5. The highest BCUT2D eigenvalue weighted by Crippen LogP contribution is 2.17. The predicted molar refractivity (Wildman–Crippen MR) is 77.1 cm³/mol. The van der Waals surface area contributed by atoms with E-state index in [-0.39, 0.29) is 23.2 Å². The molecule has 5 heteroatoms.